The number of anilines is 3. The maximum atomic E-state index is 5.69. The number of benzene rings is 1. The van der Waals surface area contributed by atoms with Crippen molar-refractivity contribution in [2.75, 3.05) is 11.1 Å². The zero-order chi connectivity index (χ0) is 13.9. The second-order valence-corrected chi connectivity index (χ2v) is 4.10. The maximum absolute atomic E-state index is 5.69. The highest BCUT2D eigenvalue weighted by atomic mass is 15.4. The van der Waals surface area contributed by atoms with Gasteiger partial charge in [0.05, 0.1) is 0 Å². The molecule has 0 bridgehead atoms. The summed E-state index contributed by atoms with van der Waals surface area (Å²) >= 11 is 0. The van der Waals surface area contributed by atoms with Crippen molar-refractivity contribution in [2.45, 2.75) is 6.92 Å². The number of para-hydroxylation sites is 1. The minimum atomic E-state index is 0.113. The summed E-state index contributed by atoms with van der Waals surface area (Å²) in [7, 11) is 0. The molecule has 1 aromatic carbocycles. The van der Waals surface area contributed by atoms with Crippen molar-refractivity contribution in [2.24, 2.45) is 0 Å². The van der Waals surface area contributed by atoms with Gasteiger partial charge in [-0.3, -0.25) is 0 Å². The minimum Gasteiger partial charge on any atom is -0.368 e. The van der Waals surface area contributed by atoms with E-state index in [0.717, 1.165) is 11.3 Å². The van der Waals surface area contributed by atoms with Crippen LogP contribution in [-0.2, 0) is 0 Å². The van der Waals surface area contributed by atoms with Crippen molar-refractivity contribution < 1.29 is 0 Å². The monoisotopic (exact) mass is 268 g/mol. The standard InChI is InChI=1S/C12H12N8/c1-8-4-2-3-5-9(8)16-11-17-10(13)18-12(19-11)20-7-14-6-15-20/h2-7H,1H3,(H3,13,16,17,18,19). The van der Waals surface area contributed by atoms with Crippen molar-refractivity contribution in [3.05, 3.63) is 42.5 Å². The molecule has 0 amide bonds. The van der Waals surface area contributed by atoms with Gasteiger partial charge in [-0.15, -0.1) is 0 Å². The Morgan fingerprint density at radius 2 is 2.00 bits per heavy atom. The maximum Gasteiger partial charge on any atom is 0.258 e. The minimum absolute atomic E-state index is 0.113. The number of hydrogen-bond donors (Lipinski definition) is 2. The molecule has 0 fully saturated rings. The first-order chi connectivity index (χ1) is 9.72. The quantitative estimate of drug-likeness (QED) is 0.731. The van der Waals surface area contributed by atoms with Gasteiger partial charge >= 0.3 is 0 Å². The molecule has 0 aliphatic rings. The molecule has 0 aliphatic carbocycles. The highest BCUT2D eigenvalue weighted by Gasteiger charge is 2.08. The number of nitrogen functional groups attached to an aromatic ring is 1. The van der Waals surface area contributed by atoms with E-state index in [-0.39, 0.29) is 5.95 Å². The molecule has 0 saturated carbocycles. The largest absolute Gasteiger partial charge is 0.368 e. The molecule has 3 rings (SSSR count). The number of nitrogens with two attached hydrogens (primary N) is 1. The molecule has 2 aromatic heterocycles. The van der Waals surface area contributed by atoms with Gasteiger partial charge in [-0.1, -0.05) is 18.2 Å². The fourth-order valence-corrected chi connectivity index (χ4v) is 1.68. The van der Waals surface area contributed by atoms with Crippen molar-refractivity contribution in [3.8, 4) is 5.95 Å². The van der Waals surface area contributed by atoms with Gasteiger partial charge in [-0.25, -0.2) is 4.98 Å². The van der Waals surface area contributed by atoms with E-state index in [0.29, 0.717) is 11.9 Å². The summed E-state index contributed by atoms with van der Waals surface area (Å²) in [4.78, 5) is 16.2. The predicted molar refractivity (Wildman–Crippen MR) is 73.6 cm³/mol. The summed E-state index contributed by atoms with van der Waals surface area (Å²) in [5, 5.41) is 7.07. The Hall–Kier alpha value is -3.03. The molecule has 0 unspecified atom stereocenters. The average molecular weight is 268 g/mol. The van der Waals surface area contributed by atoms with Gasteiger partial charge in [0, 0.05) is 5.69 Å². The normalized spacial score (nSPS) is 10.4. The van der Waals surface area contributed by atoms with Crippen LogP contribution in [0.3, 0.4) is 0 Å². The first kappa shape index (κ1) is 12.0. The Balaban J connectivity index is 1.97. The van der Waals surface area contributed by atoms with Gasteiger partial charge in [-0.05, 0) is 18.6 Å². The van der Waals surface area contributed by atoms with E-state index in [4.69, 9.17) is 5.73 Å². The molecule has 20 heavy (non-hydrogen) atoms. The van der Waals surface area contributed by atoms with E-state index in [1.54, 1.807) is 0 Å². The zero-order valence-corrected chi connectivity index (χ0v) is 10.7. The summed E-state index contributed by atoms with van der Waals surface area (Å²) in [6.45, 7) is 1.99. The molecular weight excluding hydrogens is 256 g/mol. The molecule has 0 radical (unpaired) electrons. The van der Waals surface area contributed by atoms with Crippen molar-refractivity contribution in [3.63, 3.8) is 0 Å². The Morgan fingerprint density at radius 3 is 2.75 bits per heavy atom. The number of aryl methyl sites for hydroxylation is 1. The highest BCUT2D eigenvalue weighted by molar-refractivity contribution is 5.58. The lowest BCUT2D eigenvalue weighted by Crippen LogP contribution is -2.09. The summed E-state index contributed by atoms with van der Waals surface area (Å²) in [6, 6.07) is 7.82. The Morgan fingerprint density at radius 1 is 1.15 bits per heavy atom. The average Bonchev–Trinajstić information content (AvgIpc) is 2.95. The number of nitrogens with one attached hydrogen (secondary N) is 1. The fourth-order valence-electron chi connectivity index (χ4n) is 1.68. The molecular formula is C12H12N8. The van der Waals surface area contributed by atoms with E-state index in [9.17, 15) is 0 Å². The molecule has 0 atom stereocenters. The molecule has 3 aromatic rings. The van der Waals surface area contributed by atoms with Gasteiger partial charge in [0.25, 0.3) is 5.95 Å². The van der Waals surface area contributed by atoms with Crippen LogP contribution >= 0.6 is 0 Å². The Bertz CT molecular complexity index is 722. The first-order valence-electron chi connectivity index (χ1n) is 5.91. The summed E-state index contributed by atoms with van der Waals surface area (Å²) in [6.07, 6.45) is 2.89. The summed E-state index contributed by atoms with van der Waals surface area (Å²) < 4.78 is 1.42. The van der Waals surface area contributed by atoms with Crippen molar-refractivity contribution >= 4 is 17.6 Å². The lowest BCUT2D eigenvalue weighted by molar-refractivity contribution is 0.800. The van der Waals surface area contributed by atoms with Crippen LogP contribution in [0.15, 0.2) is 36.9 Å². The molecule has 0 saturated heterocycles. The lowest BCUT2D eigenvalue weighted by atomic mass is 10.2. The SMILES string of the molecule is Cc1ccccc1Nc1nc(N)nc(-n2cncn2)n1. The van der Waals surface area contributed by atoms with Crippen LogP contribution in [0, 0.1) is 6.92 Å². The van der Waals surface area contributed by atoms with E-state index in [2.05, 4.69) is 30.4 Å². The van der Waals surface area contributed by atoms with Crippen LogP contribution in [0.2, 0.25) is 0 Å². The van der Waals surface area contributed by atoms with Crippen molar-refractivity contribution in [1.29, 1.82) is 0 Å². The Labute approximate surface area is 114 Å². The summed E-state index contributed by atoms with van der Waals surface area (Å²) in [5.74, 6) is 0.782. The lowest BCUT2D eigenvalue weighted by Gasteiger charge is -2.08. The predicted octanol–water partition coefficient (Wildman–Crippen LogP) is 1.09. The smallest absolute Gasteiger partial charge is 0.258 e. The van der Waals surface area contributed by atoms with Crippen molar-refractivity contribution in [1.82, 2.24) is 29.7 Å². The molecule has 0 spiro atoms. The zero-order valence-electron chi connectivity index (χ0n) is 10.7. The number of rotatable bonds is 3. The second-order valence-electron chi connectivity index (χ2n) is 4.10. The second kappa shape index (κ2) is 4.92. The van der Waals surface area contributed by atoms with Crippen LogP contribution in [0.25, 0.3) is 5.95 Å². The van der Waals surface area contributed by atoms with E-state index < -0.39 is 0 Å². The van der Waals surface area contributed by atoms with Crippen LogP contribution in [-0.4, -0.2) is 29.7 Å². The number of nitrogens with zero attached hydrogens (tertiary/aromatic N) is 6. The summed E-state index contributed by atoms with van der Waals surface area (Å²) in [5.41, 5.74) is 7.68. The van der Waals surface area contributed by atoms with Gasteiger partial charge in [0.1, 0.15) is 12.7 Å². The van der Waals surface area contributed by atoms with Gasteiger partial charge < -0.3 is 11.1 Å². The van der Waals surface area contributed by atoms with Crippen LogP contribution in [0.1, 0.15) is 5.56 Å². The molecule has 3 N–H and O–H groups in total. The molecule has 0 aliphatic heterocycles. The van der Waals surface area contributed by atoms with Crippen LogP contribution in [0.4, 0.5) is 17.6 Å². The Kier molecular flexibility index (Phi) is 2.96. The number of hydrogen-bond acceptors (Lipinski definition) is 7. The topological polar surface area (TPSA) is 107 Å². The van der Waals surface area contributed by atoms with Gasteiger partial charge in [-0.2, -0.15) is 24.7 Å². The van der Waals surface area contributed by atoms with E-state index >= 15 is 0 Å². The third-order valence-electron chi connectivity index (χ3n) is 2.66. The third-order valence-corrected chi connectivity index (χ3v) is 2.66. The van der Waals surface area contributed by atoms with Crippen LogP contribution < -0.4 is 11.1 Å². The van der Waals surface area contributed by atoms with Gasteiger partial charge in [0.2, 0.25) is 11.9 Å². The molecule has 8 heteroatoms. The fraction of sp³-hybridized carbons (Fsp3) is 0.0833. The third kappa shape index (κ3) is 2.39. The van der Waals surface area contributed by atoms with Gasteiger partial charge in [0.15, 0.2) is 0 Å². The van der Waals surface area contributed by atoms with E-state index in [1.165, 1.54) is 17.3 Å². The number of aromatic nitrogens is 6. The molecule has 2 heterocycles. The molecule has 100 valence electrons. The highest BCUT2D eigenvalue weighted by Crippen LogP contribution is 2.18. The van der Waals surface area contributed by atoms with E-state index in [1.807, 2.05) is 31.2 Å². The molecule has 8 nitrogen and oxygen atoms in total. The van der Waals surface area contributed by atoms with Crippen LogP contribution in [0.5, 0.6) is 0 Å². The first-order valence-corrected chi connectivity index (χ1v) is 5.91.